The molecule has 10 nitrogen and oxygen atoms in total. The summed E-state index contributed by atoms with van der Waals surface area (Å²) in [6.45, 7) is 3.01. The maximum absolute atomic E-state index is 11.8. The van der Waals surface area contributed by atoms with E-state index >= 15 is 0 Å². The van der Waals surface area contributed by atoms with Crippen molar-refractivity contribution in [2.45, 2.75) is 18.7 Å². The molecule has 0 saturated heterocycles. The molecule has 0 unspecified atom stereocenters. The number of H-pyrrole nitrogens is 1. The van der Waals surface area contributed by atoms with Crippen LogP contribution in [0.2, 0.25) is 0 Å². The van der Waals surface area contributed by atoms with Crippen molar-refractivity contribution in [3.8, 4) is 11.4 Å². The molecule has 0 aliphatic rings. The maximum atomic E-state index is 11.8. The van der Waals surface area contributed by atoms with Crippen molar-refractivity contribution in [2.75, 3.05) is 10.6 Å². The third-order valence-electron chi connectivity index (χ3n) is 4.44. The number of benzene rings is 2. The van der Waals surface area contributed by atoms with Gasteiger partial charge in [-0.1, -0.05) is 36.4 Å². The predicted octanol–water partition coefficient (Wildman–Crippen LogP) is 2.68. The number of aryl methyl sites for hydroxylation is 1. The topological polar surface area (TPSA) is 156 Å². The van der Waals surface area contributed by atoms with Crippen LogP contribution in [-0.4, -0.2) is 34.3 Å². The molecule has 0 fully saturated rings. The largest absolute Gasteiger partial charge is 0.324 e. The zero-order valence-corrected chi connectivity index (χ0v) is 17.5. The molecule has 0 aliphatic carbocycles. The maximum Gasteiger partial charge on any atom is 0.238 e. The first-order chi connectivity index (χ1) is 14.7. The van der Waals surface area contributed by atoms with Crippen molar-refractivity contribution >= 4 is 44.5 Å². The molecule has 2 aromatic heterocycles. The highest BCUT2D eigenvalue weighted by Crippen LogP contribution is 2.27. The summed E-state index contributed by atoms with van der Waals surface area (Å²) in [6.07, 6.45) is 0. The number of primary sulfonamides is 1. The SMILES string of the molecule is CC(=O)Nc1nc(Nc2ccc(C)c(S(N)(=O)=O)c2)nc2[nH]c(-c3ccccc3)nc12. The lowest BCUT2D eigenvalue weighted by molar-refractivity contribution is -0.114. The van der Waals surface area contributed by atoms with Crippen LogP contribution < -0.4 is 15.8 Å². The van der Waals surface area contributed by atoms with Gasteiger partial charge in [0.1, 0.15) is 5.82 Å². The number of hydrogen-bond acceptors (Lipinski definition) is 7. The van der Waals surface area contributed by atoms with E-state index in [4.69, 9.17) is 5.14 Å². The molecule has 5 N–H and O–H groups in total. The van der Waals surface area contributed by atoms with Gasteiger partial charge >= 0.3 is 0 Å². The number of sulfonamides is 1. The van der Waals surface area contributed by atoms with Crippen LogP contribution in [-0.2, 0) is 14.8 Å². The van der Waals surface area contributed by atoms with E-state index in [-0.39, 0.29) is 22.6 Å². The fourth-order valence-corrected chi connectivity index (χ4v) is 3.86. The molecule has 0 atom stereocenters. The molecule has 0 radical (unpaired) electrons. The van der Waals surface area contributed by atoms with Crippen molar-refractivity contribution in [1.29, 1.82) is 0 Å². The van der Waals surface area contributed by atoms with Crippen LogP contribution in [0.5, 0.6) is 0 Å². The smallest absolute Gasteiger partial charge is 0.238 e. The number of nitrogens with zero attached hydrogens (tertiary/aromatic N) is 3. The number of nitrogens with one attached hydrogen (secondary N) is 3. The summed E-state index contributed by atoms with van der Waals surface area (Å²) in [5.41, 5.74) is 2.59. The number of hydrogen-bond donors (Lipinski definition) is 4. The summed E-state index contributed by atoms with van der Waals surface area (Å²) >= 11 is 0. The van der Waals surface area contributed by atoms with E-state index in [0.29, 0.717) is 28.2 Å². The minimum Gasteiger partial charge on any atom is -0.324 e. The van der Waals surface area contributed by atoms with Gasteiger partial charge in [0, 0.05) is 18.2 Å². The zero-order valence-electron chi connectivity index (χ0n) is 16.7. The Labute approximate surface area is 178 Å². The van der Waals surface area contributed by atoms with E-state index in [9.17, 15) is 13.2 Å². The second-order valence-corrected chi connectivity index (χ2v) is 8.41. The van der Waals surface area contributed by atoms with Gasteiger partial charge in [0.25, 0.3) is 0 Å². The van der Waals surface area contributed by atoms with E-state index in [2.05, 4.69) is 30.6 Å². The Morgan fingerprint density at radius 2 is 1.81 bits per heavy atom. The Morgan fingerprint density at radius 3 is 2.48 bits per heavy atom. The molecule has 1 amide bonds. The van der Waals surface area contributed by atoms with Crippen LogP contribution in [0.15, 0.2) is 53.4 Å². The van der Waals surface area contributed by atoms with Crippen LogP contribution in [0.25, 0.3) is 22.6 Å². The Hall–Kier alpha value is -3.83. The van der Waals surface area contributed by atoms with Crippen molar-refractivity contribution in [3.05, 3.63) is 54.1 Å². The van der Waals surface area contributed by atoms with Gasteiger partial charge in [-0.25, -0.2) is 18.5 Å². The molecule has 4 rings (SSSR count). The number of aromatic nitrogens is 4. The Morgan fingerprint density at radius 1 is 1.06 bits per heavy atom. The van der Waals surface area contributed by atoms with Crippen LogP contribution in [0, 0.1) is 6.92 Å². The van der Waals surface area contributed by atoms with Gasteiger partial charge in [0.15, 0.2) is 17.0 Å². The third kappa shape index (κ3) is 4.37. The Kier molecular flexibility index (Phi) is 5.13. The summed E-state index contributed by atoms with van der Waals surface area (Å²) in [7, 11) is -3.89. The van der Waals surface area contributed by atoms with Gasteiger partial charge in [-0.2, -0.15) is 9.97 Å². The molecule has 2 heterocycles. The molecule has 0 spiro atoms. The highest BCUT2D eigenvalue weighted by Gasteiger charge is 2.16. The monoisotopic (exact) mass is 437 g/mol. The summed E-state index contributed by atoms with van der Waals surface area (Å²) in [5.74, 6) is 0.614. The van der Waals surface area contributed by atoms with Crippen molar-refractivity contribution < 1.29 is 13.2 Å². The van der Waals surface area contributed by atoms with Gasteiger partial charge < -0.3 is 15.6 Å². The fourth-order valence-electron chi connectivity index (χ4n) is 3.06. The second kappa shape index (κ2) is 7.78. The number of anilines is 3. The number of nitrogens with two attached hydrogens (primary N) is 1. The van der Waals surface area contributed by atoms with Crippen molar-refractivity contribution in [2.24, 2.45) is 5.14 Å². The fraction of sp³-hybridized carbons (Fsp3) is 0.100. The first-order valence-corrected chi connectivity index (χ1v) is 10.8. The van der Waals surface area contributed by atoms with E-state index in [0.717, 1.165) is 5.56 Å². The molecule has 11 heteroatoms. The lowest BCUT2D eigenvalue weighted by atomic mass is 10.2. The van der Waals surface area contributed by atoms with Crippen LogP contribution >= 0.6 is 0 Å². The zero-order chi connectivity index (χ0) is 22.2. The van der Waals surface area contributed by atoms with E-state index in [1.165, 1.54) is 13.0 Å². The highest BCUT2D eigenvalue weighted by molar-refractivity contribution is 7.89. The summed E-state index contributed by atoms with van der Waals surface area (Å²) in [4.78, 5) is 28.1. The first kappa shape index (κ1) is 20.4. The van der Waals surface area contributed by atoms with Crippen LogP contribution in [0.1, 0.15) is 12.5 Å². The van der Waals surface area contributed by atoms with Gasteiger partial charge in [-0.05, 0) is 24.6 Å². The molecule has 2 aromatic carbocycles. The second-order valence-electron chi connectivity index (χ2n) is 6.88. The van der Waals surface area contributed by atoms with E-state index in [1.807, 2.05) is 30.3 Å². The van der Waals surface area contributed by atoms with E-state index in [1.54, 1.807) is 19.1 Å². The Bertz CT molecular complexity index is 1400. The molecule has 4 aromatic rings. The molecule has 31 heavy (non-hydrogen) atoms. The lowest BCUT2D eigenvalue weighted by Crippen LogP contribution is -2.14. The summed E-state index contributed by atoms with van der Waals surface area (Å²) < 4.78 is 23.6. The van der Waals surface area contributed by atoms with Gasteiger partial charge in [0.05, 0.1) is 4.90 Å². The average molecular weight is 437 g/mol. The van der Waals surface area contributed by atoms with Crippen molar-refractivity contribution in [3.63, 3.8) is 0 Å². The number of aromatic amines is 1. The minimum absolute atomic E-state index is 0.00596. The molecular formula is C20H19N7O3S. The molecule has 0 aliphatic heterocycles. The molecule has 158 valence electrons. The minimum atomic E-state index is -3.89. The number of carbonyl (C=O) groups is 1. The quantitative estimate of drug-likeness (QED) is 0.374. The molecule has 0 bridgehead atoms. The summed E-state index contributed by atoms with van der Waals surface area (Å²) in [5, 5.41) is 10.9. The number of imidazole rings is 1. The predicted molar refractivity (Wildman–Crippen MR) is 117 cm³/mol. The van der Waals surface area contributed by atoms with Crippen LogP contribution in [0.4, 0.5) is 17.5 Å². The number of rotatable bonds is 5. The van der Waals surface area contributed by atoms with Gasteiger partial charge in [-0.3, -0.25) is 4.79 Å². The van der Waals surface area contributed by atoms with Crippen LogP contribution in [0.3, 0.4) is 0 Å². The lowest BCUT2D eigenvalue weighted by Gasteiger charge is -2.10. The van der Waals surface area contributed by atoms with E-state index < -0.39 is 10.0 Å². The number of amides is 1. The van der Waals surface area contributed by atoms with Gasteiger partial charge in [-0.15, -0.1) is 0 Å². The number of carbonyl (C=O) groups excluding carboxylic acids is 1. The molecule has 0 saturated carbocycles. The average Bonchev–Trinajstić information content (AvgIpc) is 3.13. The number of fused-ring (bicyclic) bond motifs is 1. The molecular weight excluding hydrogens is 418 g/mol. The normalized spacial score (nSPS) is 11.5. The third-order valence-corrected chi connectivity index (χ3v) is 5.49. The Balaban J connectivity index is 1.79. The first-order valence-electron chi connectivity index (χ1n) is 9.22. The summed E-state index contributed by atoms with van der Waals surface area (Å²) in [6, 6.07) is 14.2. The standard InChI is InChI=1S/C20H19N7O3S/c1-11-8-9-14(10-15(11)31(21,29)30)23-20-26-18(22-12(2)28)16-19(27-20)25-17(24-16)13-6-4-3-5-7-13/h3-10H,1-2H3,(H2,21,29,30)(H3,22,23,24,25,26,27,28). The van der Waals surface area contributed by atoms with Crippen molar-refractivity contribution in [1.82, 2.24) is 19.9 Å². The van der Waals surface area contributed by atoms with Gasteiger partial charge in [0.2, 0.25) is 21.9 Å². The highest BCUT2D eigenvalue weighted by atomic mass is 32.2.